The molecule has 0 aliphatic rings. The van der Waals surface area contributed by atoms with E-state index < -0.39 is 0 Å². The van der Waals surface area contributed by atoms with Crippen LogP contribution in [0, 0.1) is 0 Å². The maximum absolute atomic E-state index is 4.55. The van der Waals surface area contributed by atoms with E-state index in [-0.39, 0.29) is 24.0 Å². The molecule has 0 aromatic carbocycles. The van der Waals surface area contributed by atoms with Gasteiger partial charge in [0.2, 0.25) is 0 Å². The molecule has 0 amide bonds. The third-order valence-corrected chi connectivity index (χ3v) is 3.86. The summed E-state index contributed by atoms with van der Waals surface area (Å²) in [6.07, 6.45) is 2.37. The first-order valence-electron chi connectivity index (χ1n) is 6.01. The molecular weight excluding hydrogens is 425 g/mol. The van der Waals surface area contributed by atoms with Crippen LogP contribution in [0.5, 0.6) is 0 Å². The molecule has 0 spiro atoms. The second-order valence-electron chi connectivity index (χ2n) is 3.71. The van der Waals surface area contributed by atoms with Gasteiger partial charge in [-0.1, -0.05) is 13.3 Å². The SMILES string of the molecule is CCCCNC(=NCc1cc(Br)cs1)NCC.I. The van der Waals surface area contributed by atoms with Crippen molar-refractivity contribution in [3.63, 3.8) is 0 Å². The van der Waals surface area contributed by atoms with Gasteiger partial charge in [0.05, 0.1) is 6.54 Å². The molecule has 0 fully saturated rings. The standard InChI is InChI=1S/C12H20BrN3S.HI/c1-3-5-6-15-12(14-4-2)16-8-11-7-10(13)9-17-11;/h7,9H,3-6,8H2,1-2H3,(H2,14,15,16);1H. The summed E-state index contributed by atoms with van der Waals surface area (Å²) >= 11 is 5.18. The highest BCUT2D eigenvalue weighted by atomic mass is 127. The zero-order chi connectivity index (χ0) is 12.5. The van der Waals surface area contributed by atoms with Crippen molar-refractivity contribution in [3.8, 4) is 0 Å². The lowest BCUT2D eigenvalue weighted by Crippen LogP contribution is -2.37. The van der Waals surface area contributed by atoms with Crippen LogP contribution in [0.3, 0.4) is 0 Å². The Hall–Kier alpha value is 0.180. The number of unbranched alkanes of at least 4 members (excludes halogenated alkanes) is 1. The Balaban J connectivity index is 0.00000289. The van der Waals surface area contributed by atoms with E-state index in [0.717, 1.165) is 30.1 Å². The number of guanidine groups is 1. The Morgan fingerprint density at radius 3 is 2.72 bits per heavy atom. The molecule has 18 heavy (non-hydrogen) atoms. The minimum Gasteiger partial charge on any atom is -0.357 e. The van der Waals surface area contributed by atoms with Crippen molar-refractivity contribution >= 4 is 57.2 Å². The molecule has 0 aliphatic heterocycles. The minimum atomic E-state index is 0. The van der Waals surface area contributed by atoms with Gasteiger partial charge in [0.1, 0.15) is 0 Å². The van der Waals surface area contributed by atoms with Crippen LogP contribution >= 0.6 is 51.2 Å². The first kappa shape index (κ1) is 18.2. The molecule has 0 atom stereocenters. The Labute approximate surface area is 139 Å². The van der Waals surface area contributed by atoms with Gasteiger partial charge in [-0.3, -0.25) is 0 Å². The Bertz CT molecular complexity index is 355. The van der Waals surface area contributed by atoms with Gasteiger partial charge in [0.15, 0.2) is 5.96 Å². The van der Waals surface area contributed by atoms with Crippen LogP contribution < -0.4 is 10.6 Å². The van der Waals surface area contributed by atoms with Crippen LogP contribution in [0.4, 0.5) is 0 Å². The van der Waals surface area contributed by atoms with Crippen molar-refractivity contribution in [2.75, 3.05) is 13.1 Å². The number of hydrogen-bond acceptors (Lipinski definition) is 2. The highest BCUT2D eigenvalue weighted by Gasteiger charge is 1.99. The molecule has 0 bridgehead atoms. The van der Waals surface area contributed by atoms with E-state index in [1.165, 1.54) is 17.7 Å². The van der Waals surface area contributed by atoms with Crippen molar-refractivity contribution < 1.29 is 0 Å². The fourth-order valence-corrected chi connectivity index (χ4v) is 2.69. The summed E-state index contributed by atoms with van der Waals surface area (Å²) in [6, 6.07) is 2.11. The molecule has 6 heteroatoms. The maximum atomic E-state index is 4.55. The monoisotopic (exact) mass is 445 g/mol. The van der Waals surface area contributed by atoms with E-state index in [9.17, 15) is 0 Å². The number of nitrogens with zero attached hydrogens (tertiary/aromatic N) is 1. The summed E-state index contributed by atoms with van der Waals surface area (Å²) in [5, 5.41) is 8.67. The number of aliphatic imine (C=N–C) groups is 1. The molecule has 0 aliphatic carbocycles. The van der Waals surface area contributed by atoms with Crippen molar-refractivity contribution in [1.29, 1.82) is 0 Å². The fourth-order valence-electron chi connectivity index (χ4n) is 1.32. The van der Waals surface area contributed by atoms with Gasteiger partial charge in [-0.2, -0.15) is 0 Å². The summed E-state index contributed by atoms with van der Waals surface area (Å²) in [5.74, 6) is 0.908. The Kier molecular flexibility index (Phi) is 11.2. The smallest absolute Gasteiger partial charge is 0.191 e. The molecular formula is C12H21BrIN3S. The third-order valence-electron chi connectivity index (χ3n) is 2.18. The molecule has 0 saturated heterocycles. The predicted molar refractivity (Wildman–Crippen MR) is 95.2 cm³/mol. The third kappa shape index (κ3) is 7.58. The second kappa shape index (κ2) is 11.0. The average Bonchev–Trinajstić information content (AvgIpc) is 2.72. The second-order valence-corrected chi connectivity index (χ2v) is 5.62. The molecule has 3 nitrogen and oxygen atoms in total. The number of thiophene rings is 1. The molecule has 0 radical (unpaired) electrons. The lowest BCUT2D eigenvalue weighted by atomic mass is 10.3. The van der Waals surface area contributed by atoms with Crippen molar-refractivity contribution in [3.05, 3.63) is 20.8 Å². The summed E-state index contributed by atoms with van der Waals surface area (Å²) in [6.45, 7) is 6.88. The number of rotatable bonds is 6. The highest BCUT2D eigenvalue weighted by molar-refractivity contribution is 14.0. The lowest BCUT2D eigenvalue weighted by Gasteiger charge is -2.10. The highest BCUT2D eigenvalue weighted by Crippen LogP contribution is 2.20. The Morgan fingerprint density at radius 2 is 2.17 bits per heavy atom. The van der Waals surface area contributed by atoms with E-state index in [1.807, 2.05) is 0 Å². The van der Waals surface area contributed by atoms with Gasteiger partial charge in [-0.25, -0.2) is 4.99 Å². The lowest BCUT2D eigenvalue weighted by molar-refractivity contribution is 0.730. The first-order chi connectivity index (χ1) is 8.26. The number of nitrogens with one attached hydrogen (secondary N) is 2. The van der Waals surface area contributed by atoms with Crippen LogP contribution in [-0.2, 0) is 6.54 Å². The molecule has 1 rings (SSSR count). The van der Waals surface area contributed by atoms with Crippen LogP contribution in [0.2, 0.25) is 0 Å². The van der Waals surface area contributed by atoms with Gasteiger partial charge < -0.3 is 10.6 Å². The summed E-state index contributed by atoms with van der Waals surface area (Å²) in [4.78, 5) is 5.82. The topological polar surface area (TPSA) is 36.4 Å². The van der Waals surface area contributed by atoms with E-state index in [1.54, 1.807) is 11.3 Å². The van der Waals surface area contributed by atoms with Crippen LogP contribution in [0.15, 0.2) is 20.9 Å². The Morgan fingerprint density at radius 1 is 1.39 bits per heavy atom. The molecule has 1 aromatic heterocycles. The molecule has 0 saturated carbocycles. The van der Waals surface area contributed by atoms with Crippen LogP contribution in [0.25, 0.3) is 0 Å². The van der Waals surface area contributed by atoms with Crippen molar-refractivity contribution in [2.45, 2.75) is 33.2 Å². The van der Waals surface area contributed by atoms with E-state index in [0.29, 0.717) is 0 Å². The number of hydrogen-bond donors (Lipinski definition) is 2. The predicted octanol–water partition coefficient (Wildman–Crippen LogP) is 3.98. The molecule has 0 unspecified atom stereocenters. The van der Waals surface area contributed by atoms with E-state index in [4.69, 9.17) is 0 Å². The largest absolute Gasteiger partial charge is 0.357 e. The zero-order valence-electron chi connectivity index (χ0n) is 10.8. The molecule has 1 heterocycles. The quantitative estimate of drug-likeness (QED) is 0.300. The summed E-state index contributed by atoms with van der Waals surface area (Å²) in [7, 11) is 0. The molecule has 104 valence electrons. The van der Waals surface area contributed by atoms with Gasteiger partial charge in [-0.15, -0.1) is 35.3 Å². The average molecular weight is 446 g/mol. The van der Waals surface area contributed by atoms with Crippen molar-refractivity contribution in [2.24, 2.45) is 4.99 Å². The number of halogens is 2. The van der Waals surface area contributed by atoms with Crippen LogP contribution in [-0.4, -0.2) is 19.0 Å². The van der Waals surface area contributed by atoms with Gasteiger partial charge in [0.25, 0.3) is 0 Å². The van der Waals surface area contributed by atoms with Crippen molar-refractivity contribution in [1.82, 2.24) is 10.6 Å². The molecule has 1 aromatic rings. The van der Waals surface area contributed by atoms with Gasteiger partial charge >= 0.3 is 0 Å². The van der Waals surface area contributed by atoms with E-state index in [2.05, 4.69) is 56.8 Å². The van der Waals surface area contributed by atoms with E-state index >= 15 is 0 Å². The summed E-state index contributed by atoms with van der Waals surface area (Å²) < 4.78 is 1.14. The summed E-state index contributed by atoms with van der Waals surface area (Å²) in [5.41, 5.74) is 0. The fraction of sp³-hybridized carbons (Fsp3) is 0.583. The van der Waals surface area contributed by atoms with Gasteiger partial charge in [0, 0.05) is 27.8 Å². The first-order valence-corrected chi connectivity index (χ1v) is 7.68. The zero-order valence-corrected chi connectivity index (χ0v) is 15.6. The molecule has 2 N–H and O–H groups in total. The van der Waals surface area contributed by atoms with Gasteiger partial charge in [-0.05, 0) is 35.3 Å². The maximum Gasteiger partial charge on any atom is 0.191 e. The minimum absolute atomic E-state index is 0. The normalized spacial score (nSPS) is 10.9. The van der Waals surface area contributed by atoms with Crippen LogP contribution in [0.1, 0.15) is 31.6 Å².